The fourth-order valence-corrected chi connectivity index (χ4v) is 7.58. The third-order valence-electron chi connectivity index (χ3n) is 7.69. The number of nitrogens with zero attached hydrogens (tertiary/aromatic N) is 4. The van der Waals surface area contributed by atoms with Crippen LogP contribution in [0.15, 0.2) is 53.1 Å². The van der Waals surface area contributed by atoms with E-state index in [9.17, 15) is 22.4 Å². The zero-order valence-corrected chi connectivity index (χ0v) is 26.0. The summed E-state index contributed by atoms with van der Waals surface area (Å²) in [6.07, 6.45) is -3.63. The van der Waals surface area contributed by atoms with E-state index in [-0.39, 0.29) is 55.8 Å². The van der Waals surface area contributed by atoms with Gasteiger partial charge in [-0.2, -0.15) is 13.2 Å². The maximum atomic E-state index is 15.3. The van der Waals surface area contributed by atoms with E-state index in [0.717, 1.165) is 12.1 Å². The van der Waals surface area contributed by atoms with Crippen molar-refractivity contribution in [3.8, 4) is 11.1 Å². The molecule has 0 aliphatic carbocycles. The van der Waals surface area contributed by atoms with Crippen LogP contribution in [0.4, 0.5) is 27.6 Å². The van der Waals surface area contributed by atoms with Crippen molar-refractivity contribution in [3.63, 3.8) is 0 Å². The van der Waals surface area contributed by atoms with Gasteiger partial charge in [-0.3, -0.25) is 4.79 Å². The number of amides is 1. The second-order valence-electron chi connectivity index (χ2n) is 10.5. The highest BCUT2D eigenvalue weighted by Gasteiger charge is 2.45. The first-order valence-electron chi connectivity index (χ1n) is 13.1. The summed E-state index contributed by atoms with van der Waals surface area (Å²) in [5, 5.41) is 0. The van der Waals surface area contributed by atoms with Gasteiger partial charge in [-0.05, 0) is 54.6 Å². The average molecular weight is 719 g/mol. The molecule has 3 atom stereocenters. The van der Waals surface area contributed by atoms with E-state index in [1.165, 1.54) is 24.9 Å². The Kier molecular flexibility index (Phi) is 8.40. The smallest absolute Gasteiger partial charge is 0.383 e. The van der Waals surface area contributed by atoms with Gasteiger partial charge in [0.1, 0.15) is 23.3 Å². The monoisotopic (exact) mass is 718 g/mol. The Balaban J connectivity index is 1.77. The van der Waals surface area contributed by atoms with Crippen LogP contribution in [0.25, 0.3) is 11.1 Å². The lowest BCUT2D eigenvalue weighted by atomic mass is 9.92. The lowest BCUT2D eigenvalue weighted by molar-refractivity contribution is -0.137. The zero-order chi connectivity index (χ0) is 30.7. The minimum absolute atomic E-state index is 0.00149. The van der Waals surface area contributed by atoms with Crippen LogP contribution in [-0.4, -0.2) is 72.2 Å². The van der Waals surface area contributed by atoms with Gasteiger partial charge < -0.3 is 19.4 Å². The van der Waals surface area contributed by atoms with Crippen molar-refractivity contribution in [1.82, 2.24) is 9.80 Å². The SMILES string of the molecule is C=CC(=O)N1C[C@H](C)N(C2=NC(=C)N3c4c2cc(C(F)(F)F)c(-c2cc(I)c(F)cc2F)c4SC[C@@H]3COC)C[C@H]1C. The Morgan fingerprint density at radius 3 is 2.52 bits per heavy atom. The molecular weight excluding hydrogens is 690 g/mol. The maximum Gasteiger partial charge on any atom is 0.417 e. The number of hydrogen-bond acceptors (Lipinski definition) is 6. The number of halogens is 6. The summed E-state index contributed by atoms with van der Waals surface area (Å²) in [6, 6.07) is 1.86. The molecule has 0 radical (unpaired) electrons. The van der Waals surface area contributed by atoms with Crippen molar-refractivity contribution in [2.45, 2.75) is 43.0 Å². The maximum absolute atomic E-state index is 15.3. The first-order valence-corrected chi connectivity index (χ1v) is 15.2. The van der Waals surface area contributed by atoms with Crippen LogP contribution < -0.4 is 4.90 Å². The molecule has 1 saturated heterocycles. The molecule has 5 rings (SSSR count). The molecule has 0 aromatic heterocycles. The number of methoxy groups -OCH3 is 1. The van der Waals surface area contributed by atoms with Gasteiger partial charge in [0.25, 0.3) is 0 Å². The fraction of sp³-hybridized carbons (Fsp3) is 0.379. The second-order valence-corrected chi connectivity index (χ2v) is 12.6. The number of carbonyl (C=O) groups is 1. The molecule has 0 bridgehead atoms. The van der Waals surface area contributed by atoms with Crippen molar-refractivity contribution in [1.29, 1.82) is 0 Å². The summed E-state index contributed by atoms with van der Waals surface area (Å²) >= 11 is 2.81. The number of hydrogen-bond donors (Lipinski definition) is 0. The molecule has 42 heavy (non-hydrogen) atoms. The number of alkyl halides is 3. The van der Waals surface area contributed by atoms with Crippen LogP contribution in [0.2, 0.25) is 0 Å². The Hall–Kier alpha value is -2.65. The Labute approximate surface area is 258 Å². The summed E-state index contributed by atoms with van der Waals surface area (Å²) in [7, 11) is 1.53. The number of amidine groups is 1. The van der Waals surface area contributed by atoms with Crippen LogP contribution in [0, 0.1) is 15.2 Å². The highest BCUT2D eigenvalue weighted by Crippen LogP contribution is 2.54. The van der Waals surface area contributed by atoms with Crippen molar-refractivity contribution in [2.24, 2.45) is 4.99 Å². The lowest BCUT2D eigenvalue weighted by Gasteiger charge is -2.48. The topological polar surface area (TPSA) is 48.4 Å². The molecule has 2 aromatic rings. The van der Waals surface area contributed by atoms with E-state index in [1.807, 2.05) is 18.7 Å². The van der Waals surface area contributed by atoms with Crippen molar-refractivity contribution in [3.05, 3.63) is 69.6 Å². The Bertz CT molecular complexity index is 1510. The first kappa shape index (κ1) is 30.8. The predicted octanol–water partition coefficient (Wildman–Crippen LogP) is 6.52. The number of ether oxygens (including phenoxy) is 1. The largest absolute Gasteiger partial charge is 0.417 e. The van der Waals surface area contributed by atoms with Gasteiger partial charge >= 0.3 is 6.18 Å². The molecule has 3 aliphatic heterocycles. The van der Waals surface area contributed by atoms with E-state index in [1.54, 1.807) is 32.4 Å². The molecule has 6 nitrogen and oxygen atoms in total. The molecule has 1 amide bonds. The van der Waals surface area contributed by atoms with E-state index in [0.29, 0.717) is 42.3 Å². The lowest BCUT2D eigenvalue weighted by Crippen LogP contribution is -2.60. The van der Waals surface area contributed by atoms with Gasteiger partial charge in [-0.15, -0.1) is 11.8 Å². The summed E-state index contributed by atoms with van der Waals surface area (Å²) in [5.41, 5.74) is -1.08. The molecule has 0 spiro atoms. The highest BCUT2D eigenvalue weighted by atomic mass is 127. The van der Waals surface area contributed by atoms with Crippen LogP contribution >= 0.6 is 34.4 Å². The molecule has 224 valence electrons. The van der Waals surface area contributed by atoms with Crippen LogP contribution in [-0.2, 0) is 15.7 Å². The van der Waals surface area contributed by atoms with E-state index >= 15 is 4.39 Å². The number of piperazine rings is 1. The van der Waals surface area contributed by atoms with Gasteiger partial charge in [0.05, 0.1) is 23.9 Å². The summed E-state index contributed by atoms with van der Waals surface area (Å²) in [5.74, 6) is -1.24. The third-order valence-corrected chi connectivity index (χ3v) is 9.76. The minimum atomic E-state index is -4.87. The fourth-order valence-electron chi connectivity index (χ4n) is 5.80. The standard InChI is InChI=1S/C29H28F5IN4O2S/c1-6-24(40)37-10-15(3)38(11-14(37)2)28-19-7-20(29(32,33)34)25(18-8-23(35)22(31)9-21(18)30)27-26(19)39(16(4)36-28)17(12-41-5)13-42-27/h6-9,14-15,17H,1,4,10-13H2,2-3,5H3/t14-,15+,17+/m1/s1. The Morgan fingerprint density at radius 2 is 1.88 bits per heavy atom. The number of thioether (sulfide) groups is 1. The van der Waals surface area contributed by atoms with Gasteiger partial charge in [-0.25, -0.2) is 13.8 Å². The zero-order valence-electron chi connectivity index (χ0n) is 23.1. The summed E-state index contributed by atoms with van der Waals surface area (Å²) in [6.45, 7) is 12.3. The molecule has 3 heterocycles. The molecule has 3 aliphatic rings. The van der Waals surface area contributed by atoms with E-state index in [4.69, 9.17) is 9.73 Å². The molecule has 1 fully saturated rings. The highest BCUT2D eigenvalue weighted by molar-refractivity contribution is 14.1. The number of carbonyl (C=O) groups excluding carboxylic acids is 1. The number of rotatable bonds is 4. The van der Waals surface area contributed by atoms with Gasteiger partial charge in [-0.1, -0.05) is 13.2 Å². The average Bonchev–Trinajstić information content (AvgIpc) is 2.93. The number of anilines is 1. The van der Waals surface area contributed by atoms with Crippen LogP contribution in [0.5, 0.6) is 0 Å². The first-order chi connectivity index (χ1) is 19.8. The Morgan fingerprint density at radius 1 is 1.17 bits per heavy atom. The molecule has 0 saturated carbocycles. The van der Waals surface area contributed by atoms with Gasteiger partial charge in [0.2, 0.25) is 5.91 Å². The van der Waals surface area contributed by atoms with Crippen molar-refractivity contribution in [2.75, 3.05) is 37.5 Å². The summed E-state index contributed by atoms with van der Waals surface area (Å²) < 4.78 is 79.4. The third kappa shape index (κ3) is 5.21. The van der Waals surface area contributed by atoms with Gasteiger partial charge in [0.15, 0.2) is 0 Å². The predicted molar refractivity (Wildman–Crippen MR) is 162 cm³/mol. The molecule has 13 heteroatoms. The summed E-state index contributed by atoms with van der Waals surface area (Å²) in [4.78, 5) is 22.7. The normalized spacial score (nSPS) is 22.2. The molecule has 0 unspecified atom stereocenters. The van der Waals surface area contributed by atoms with Crippen LogP contribution in [0.3, 0.4) is 0 Å². The minimum Gasteiger partial charge on any atom is -0.383 e. The molecular formula is C29H28F5IN4O2S. The second kappa shape index (κ2) is 11.5. The number of benzene rings is 2. The molecule has 2 aromatic carbocycles. The quantitative estimate of drug-likeness (QED) is 0.156. The number of aliphatic imine (C=N–C) groups is 1. The van der Waals surface area contributed by atoms with E-state index in [2.05, 4.69) is 13.2 Å². The van der Waals surface area contributed by atoms with E-state index < -0.39 is 23.4 Å². The van der Waals surface area contributed by atoms with Crippen LogP contribution in [0.1, 0.15) is 25.0 Å². The van der Waals surface area contributed by atoms with Crippen molar-refractivity contribution >= 4 is 51.8 Å². The van der Waals surface area contributed by atoms with Crippen molar-refractivity contribution < 1.29 is 31.5 Å². The van der Waals surface area contributed by atoms with Gasteiger partial charge in [0, 0.05) is 69.3 Å². The molecule has 0 N–H and O–H groups in total.